The first kappa shape index (κ1) is 19.7. The molecule has 28 heavy (non-hydrogen) atoms. The number of nitrogens with one attached hydrogen (secondary N) is 2. The van der Waals surface area contributed by atoms with Crippen LogP contribution in [0.5, 0.6) is 0 Å². The van der Waals surface area contributed by atoms with E-state index in [0.29, 0.717) is 17.1 Å². The highest BCUT2D eigenvalue weighted by molar-refractivity contribution is 7.89. The summed E-state index contributed by atoms with van der Waals surface area (Å²) in [5.41, 5.74) is 0.700. The highest BCUT2D eigenvalue weighted by atomic mass is 32.2. The molecule has 7 nitrogen and oxygen atoms in total. The lowest BCUT2D eigenvalue weighted by Gasteiger charge is -2.09. The Morgan fingerprint density at radius 2 is 1.79 bits per heavy atom. The van der Waals surface area contributed by atoms with Crippen LogP contribution in [0.15, 0.2) is 80.9 Å². The third-order valence-electron chi connectivity index (χ3n) is 3.96. The van der Waals surface area contributed by atoms with Crippen LogP contribution < -0.4 is 10.0 Å². The largest absolute Gasteiger partial charge is 0.468 e. The van der Waals surface area contributed by atoms with E-state index in [1.165, 1.54) is 24.5 Å². The second kappa shape index (κ2) is 8.73. The molecule has 0 saturated carbocycles. The quantitative estimate of drug-likeness (QED) is 0.565. The third kappa shape index (κ3) is 5.21. The number of amides is 1. The average molecular weight is 400 g/mol. The van der Waals surface area contributed by atoms with Crippen molar-refractivity contribution in [1.82, 2.24) is 10.0 Å². The van der Waals surface area contributed by atoms with E-state index < -0.39 is 10.0 Å². The van der Waals surface area contributed by atoms with Crippen molar-refractivity contribution in [2.75, 3.05) is 0 Å². The molecule has 0 saturated heterocycles. The maximum absolute atomic E-state index is 12.3. The second-order valence-corrected chi connectivity index (χ2v) is 7.82. The van der Waals surface area contributed by atoms with Gasteiger partial charge in [-0.25, -0.2) is 13.1 Å². The highest BCUT2D eigenvalue weighted by Crippen LogP contribution is 2.14. The Kier molecular flexibility index (Phi) is 6.13. The van der Waals surface area contributed by atoms with E-state index in [2.05, 4.69) is 10.0 Å². The molecule has 3 rings (SSSR count). The van der Waals surface area contributed by atoms with E-state index in [9.17, 15) is 13.2 Å². The Bertz CT molecular complexity index is 1020. The fourth-order valence-corrected chi connectivity index (χ4v) is 3.46. The summed E-state index contributed by atoms with van der Waals surface area (Å²) in [6.07, 6.45) is 6.03. The maximum Gasteiger partial charge on any atom is 0.244 e. The Morgan fingerprint density at radius 3 is 2.43 bits per heavy atom. The number of benzene rings is 1. The third-order valence-corrected chi connectivity index (χ3v) is 5.38. The molecule has 0 aliphatic heterocycles. The van der Waals surface area contributed by atoms with Gasteiger partial charge in [-0.2, -0.15) is 0 Å². The van der Waals surface area contributed by atoms with Crippen molar-refractivity contribution in [3.05, 3.63) is 84.2 Å². The summed E-state index contributed by atoms with van der Waals surface area (Å²) in [6, 6.07) is 12.9. The molecule has 1 aromatic carbocycles. The van der Waals surface area contributed by atoms with Gasteiger partial charge in [0.1, 0.15) is 11.5 Å². The Hall–Kier alpha value is -3.10. The zero-order chi connectivity index (χ0) is 20.0. The number of hydrogen-bond donors (Lipinski definition) is 2. The summed E-state index contributed by atoms with van der Waals surface area (Å²) in [6.45, 7) is 1.89. The van der Waals surface area contributed by atoms with Crippen LogP contribution in [0.2, 0.25) is 0 Å². The summed E-state index contributed by atoms with van der Waals surface area (Å²) >= 11 is 0. The average Bonchev–Trinajstić information content (AvgIpc) is 3.39. The van der Waals surface area contributed by atoms with Crippen molar-refractivity contribution in [2.45, 2.75) is 24.4 Å². The van der Waals surface area contributed by atoms with Crippen LogP contribution in [-0.4, -0.2) is 14.3 Å². The van der Waals surface area contributed by atoms with E-state index in [1.54, 1.807) is 48.7 Å². The van der Waals surface area contributed by atoms with Crippen molar-refractivity contribution >= 4 is 22.0 Å². The minimum absolute atomic E-state index is 0.0744. The molecule has 0 aliphatic rings. The molecule has 0 aliphatic carbocycles. The molecule has 0 bridgehead atoms. The van der Waals surface area contributed by atoms with Gasteiger partial charge in [0.2, 0.25) is 15.9 Å². The lowest BCUT2D eigenvalue weighted by atomic mass is 10.2. The second-order valence-electron chi connectivity index (χ2n) is 6.05. The van der Waals surface area contributed by atoms with Crippen LogP contribution in [0.4, 0.5) is 0 Å². The Labute approximate surface area is 163 Å². The minimum Gasteiger partial charge on any atom is -0.468 e. The summed E-state index contributed by atoms with van der Waals surface area (Å²) in [4.78, 5) is 12.1. The number of carbonyl (C=O) groups excluding carboxylic acids is 1. The van der Waals surface area contributed by atoms with E-state index >= 15 is 0 Å². The molecule has 2 heterocycles. The molecular weight excluding hydrogens is 380 g/mol. The van der Waals surface area contributed by atoms with Crippen LogP contribution in [0, 0.1) is 0 Å². The smallest absolute Gasteiger partial charge is 0.244 e. The summed E-state index contributed by atoms with van der Waals surface area (Å²) < 4.78 is 37.4. The molecular formula is C20H20N2O5S. The molecule has 0 spiro atoms. The first-order valence-electron chi connectivity index (χ1n) is 8.58. The number of furan rings is 2. The van der Waals surface area contributed by atoms with Crippen LogP contribution in [0.25, 0.3) is 6.08 Å². The topological polar surface area (TPSA) is 102 Å². The lowest BCUT2D eigenvalue weighted by Crippen LogP contribution is -2.24. The molecule has 0 fully saturated rings. The van der Waals surface area contributed by atoms with Crippen LogP contribution in [-0.2, 0) is 21.4 Å². The van der Waals surface area contributed by atoms with Gasteiger partial charge in [-0.05, 0) is 55.0 Å². The molecule has 1 amide bonds. The van der Waals surface area contributed by atoms with Crippen molar-refractivity contribution in [3.8, 4) is 0 Å². The lowest BCUT2D eigenvalue weighted by molar-refractivity contribution is -0.117. The van der Waals surface area contributed by atoms with Crippen LogP contribution >= 0.6 is 0 Å². The fraction of sp³-hybridized carbons (Fsp3) is 0.150. The monoisotopic (exact) mass is 400 g/mol. The van der Waals surface area contributed by atoms with Gasteiger partial charge >= 0.3 is 0 Å². The molecule has 2 aromatic heterocycles. The molecule has 1 atom stereocenters. The molecule has 146 valence electrons. The SMILES string of the molecule is C[C@@H](NC(=O)/C=C/c1ccc(S(=O)(=O)NCc2ccco2)cc1)c1ccco1. The fourth-order valence-electron chi connectivity index (χ4n) is 2.46. The normalized spacial score (nSPS) is 12.9. The highest BCUT2D eigenvalue weighted by Gasteiger charge is 2.14. The van der Waals surface area contributed by atoms with Gasteiger partial charge in [0.25, 0.3) is 0 Å². The molecule has 3 aromatic rings. The Balaban J connectivity index is 1.57. The first-order chi connectivity index (χ1) is 13.4. The van der Waals surface area contributed by atoms with Crippen molar-refractivity contribution in [3.63, 3.8) is 0 Å². The van der Waals surface area contributed by atoms with Crippen molar-refractivity contribution < 1.29 is 22.0 Å². The summed E-state index contributed by atoms with van der Waals surface area (Å²) in [5, 5.41) is 2.78. The van der Waals surface area contributed by atoms with E-state index in [0.717, 1.165) is 0 Å². The minimum atomic E-state index is -3.65. The number of carbonyl (C=O) groups is 1. The van der Waals surface area contributed by atoms with Gasteiger partial charge in [0.05, 0.1) is 30.0 Å². The van der Waals surface area contributed by atoms with Gasteiger partial charge in [-0.15, -0.1) is 0 Å². The number of hydrogen-bond acceptors (Lipinski definition) is 5. The number of rotatable bonds is 8. The van der Waals surface area contributed by atoms with Gasteiger partial charge in [0, 0.05) is 6.08 Å². The van der Waals surface area contributed by atoms with Crippen LogP contribution in [0.3, 0.4) is 0 Å². The molecule has 2 N–H and O–H groups in total. The summed E-state index contributed by atoms with van der Waals surface area (Å²) in [5.74, 6) is 0.914. The van der Waals surface area contributed by atoms with Gasteiger partial charge < -0.3 is 14.2 Å². The standard InChI is InChI=1S/C20H20N2O5S/c1-15(19-5-3-13-27-19)22-20(23)11-8-16-6-9-18(10-7-16)28(24,25)21-14-17-4-2-12-26-17/h2-13,15,21H,14H2,1H3,(H,22,23)/b11-8+/t15-/m1/s1. The van der Waals surface area contributed by atoms with Gasteiger partial charge in [-0.1, -0.05) is 12.1 Å². The van der Waals surface area contributed by atoms with Crippen molar-refractivity contribution in [2.24, 2.45) is 0 Å². The summed E-state index contributed by atoms with van der Waals surface area (Å²) in [7, 11) is -3.65. The van der Waals surface area contributed by atoms with Gasteiger partial charge in [-0.3, -0.25) is 4.79 Å². The Morgan fingerprint density at radius 1 is 1.07 bits per heavy atom. The number of sulfonamides is 1. The zero-order valence-electron chi connectivity index (χ0n) is 15.2. The van der Waals surface area contributed by atoms with E-state index in [1.807, 2.05) is 6.92 Å². The molecule has 8 heteroatoms. The van der Waals surface area contributed by atoms with E-state index in [4.69, 9.17) is 8.83 Å². The maximum atomic E-state index is 12.3. The predicted octanol–water partition coefficient (Wildman–Crippen LogP) is 3.24. The van der Waals surface area contributed by atoms with Crippen LogP contribution in [0.1, 0.15) is 30.0 Å². The zero-order valence-corrected chi connectivity index (χ0v) is 16.0. The van der Waals surface area contributed by atoms with Crippen molar-refractivity contribution in [1.29, 1.82) is 0 Å². The molecule has 0 radical (unpaired) electrons. The van der Waals surface area contributed by atoms with Gasteiger partial charge in [0.15, 0.2) is 0 Å². The molecule has 0 unspecified atom stereocenters. The first-order valence-corrected chi connectivity index (χ1v) is 10.1. The van der Waals surface area contributed by atoms with E-state index in [-0.39, 0.29) is 23.4 Å². The predicted molar refractivity (Wildman–Crippen MR) is 103 cm³/mol.